The molecule has 0 saturated heterocycles. The Kier molecular flexibility index (Phi) is 3.15. The molecule has 0 spiro atoms. The zero-order chi connectivity index (χ0) is 14.0. The van der Waals surface area contributed by atoms with Gasteiger partial charge in [0.15, 0.2) is 5.69 Å². The molecule has 2 heterocycles. The summed E-state index contributed by atoms with van der Waals surface area (Å²) < 4.78 is 5.06. The quantitative estimate of drug-likeness (QED) is 0.722. The Bertz CT molecular complexity index is 644. The highest BCUT2D eigenvalue weighted by atomic mass is 16.5. The Morgan fingerprint density at radius 2 is 2.05 bits per heavy atom. The van der Waals surface area contributed by atoms with Crippen molar-refractivity contribution in [1.29, 1.82) is 0 Å². The number of carboxylic acid groups (broad SMARTS) is 1. The van der Waals surface area contributed by atoms with E-state index >= 15 is 0 Å². The molecule has 0 aromatic carbocycles. The van der Waals surface area contributed by atoms with Gasteiger partial charge in [-0.05, 0) is 12.1 Å². The van der Waals surface area contributed by atoms with Crippen molar-refractivity contribution in [2.24, 2.45) is 0 Å². The fourth-order valence-corrected chi connectivity index (χ4v) is 1.50. The molecule has 5 N–H and O–H groups in total. The van der Waals surface area contributed by atoms with Crippen LogP contribution >= 0.6 is 0 Å². The standard InChI is InChI=1S/C11H11N5O3/c1-19-9-5(4-14-11(13)16-9)7-3-2-6(12)8(15-7)10(17)18/h2-4H,12H2,1H3,(H,17,18)(H2,13,14,16). The van der Waals surface area contributed by atoms with Crippen LogP contribution in [0.5, 0.6) is 5.88 Å². The minimum atomic E-state index is -1.21. The molecule has 0 radical (unpaired) electrons. The first-order valence-electron chi connectivity index (χ1n) is 5.19. The minimum Gasteiger partial charge on any atom is -0.480 e. The molecule has 0 aliphatic heterocycles. The maximum atomic E-state index is 11.0. The van der Waals surface area contributed by atoms with Gasteiger partial charge in [-0.1, -0.05) is 0 Å². The fourth-order valence-electron chi connectivity index (χ4n) is 1.50. The van der Waals surface area contributed by atoms with E-state index in [1.54, 1.807) is 6.07 Å². The smallest absolute Gasteiger partial charge is 0.356 e. The largest absolute Gasteiger partial charge is 0.480 e. The van der Waals surface area contributed by atoms with E-state index in [0.717, 1.165) is 0 Å². The van der Waals surface area contributed by atoms with Crippen molar-refractivity contribution in [3.8, 4) is 17.1 Å². The first-order valence-corrected chi connectivity index (χ1v) is 5.19. The van der Waals surface area contributed by atoms with Crippen molar-refractivity contribution in [1.82, 2.24) is 15.0 Å². The van der Waals surface area contributed by atoms with Gasteiger partial charge < -0.3 is 21.3 Å². The third-order valence-electron chi connectivity index (χ3n) is 2.37. The van der Waals surface area contributed by atoms with Gasteiger partial charge in [0, 0.05) is 6.20 Å². The maximum Gasteiger partial charge on any atom is 0.356 e. The van der Waals surface area contributed by atoms with Crippen LogP contribution < -0.4 is 16.2 Å². The molecular weight excluding hydrogens is 250 g/mol. The highest BCUT2D eigenvalue weighted by molar-refractivity contribution is 5.92. The molecule has 2 rings (SSSR count). The van der Waals surface area contributed by atoms with Gasteiger partial charge in [0.25, 0.3) is 0 Å². The summed E-state index contributed by atoms with van der Waals surface area (Å²) in [5.41, 5.74) is 11.6. The molecule has 0 aliphatic carbocycles. The number of methoxy groups -OCH3 is 1. The zero-order valence-electron chi connectivity index (χ0n) is 9.99. The van der Waals surface area contributed by atoms with Crippen LogP contribution in [0.1, 0.15) is 10.5 Å². The summed E-state index contributed by atoms with van der Waals surface area (Å²) in [4.78, 5) is 22.7. The number of nitrogens with zero attached hydrogens (tertiary/aromatic N) is 3. The van der Waals surface area contributed by atoms with Crippen molar-refractivity contribution in [3.05, 3.63) is 24.0 Å². The summed E-state index contributed by atoms with van der Waals surface area (Å²) in [5.74, 6) is -0.953. The van der Waals surface area contributed by atoms with Gasteiger partial charge in [0.2, 0.25) is 11.8 Å². The lowest BCUT2D eigenvalue weighted by Crippen LogP contribution is -2.07. The second-order valence-electron chi connectivity index (χ2n) is 3.59. The molecule has 19 heavy (non-hydrogen) atoms. The molecule has 2 aromatic heterocycles. The Labute approximate surface area is 108 Å². The summed E-state index contributed by atoms with van der Waals surface area (Å²) >= 11 is 0. The van der Waals surface area contributed by atoms with E-state index in [1.165, 1.54) is 19.4 Å². The third kappa shape index (κ3) is 2.37. The number of hydrogen-bond acceptors (Lipinski definition) is 7. The Hall–Kier alpha value is -2.90. The van der Waals surface area contributed by atoms with Crippen LogP contribution in [0.25, 0.3) is 11.3 Å². The topological polar surface area (TPSA) is 137 Å². The first kappa shape index (κ1) is 12.6. The summed E-state index contributed by atoms with van der Waals surface area (Å²) in [5, 5.41) is 8.98. The van der Waals surface area contributed by atoms with Gasteiger partial charge in [0.1, 0.15) is 0 Å². The second kappa shape index (κ2) is 4.77. The summed E-state index contributed by atoms with van der Waals surface area (Å²) in [7, 11) is 1.42. The average Bonchev–Trinajstić information content (AvgIpc) is 2.39. The molecule has 0 saturated carbocycles. The van der Waals surface area contributed by atoms with Gasteiger partial charge in [-0.2, -0.15) is 4.98 Å². The predicted octanol–water partition coefficient (Wildman–Crippen LogP) is 0.410. The minimum absolute atomic E-state index is 0.0505. The number of rotatable bonds is 3. The summed E-state index contributed by atoms with van der Waals surface area (Å²) in [6.45, 7) is 0. The second-order valence-corrected chi connectivity index (χ2v) is 3.59. The first-order chi connectivity index (χ1) is 9.02. The molecule has 0 amide bonds. The van der Waals surface area contributed by atoms with E-state index in [4.69, 9.17) is 21.3 Å². The molecule has 0 atom stereocenters. The lowest BCUT2D eigenvalue weighted by molar-refractivity contribution is 0.0692. The van der Waals surface area contributed by atoms with Crippen LogP contribution in [0.3, 0.4) is 0 Å². The molecule has 98 valence electrons. The van der Waals surface area contributed by atoms with Crippen LogP contribution in [-0.2, 0) is 0 Å². The molecule has 8 heteroatoms. The predicted molar refractivity (Wildman–Crippen MR) is 67.6 cm³/mol. The highest BCUT2D eigenvalue weighted by Gasteiger charge is 2.15. The number of anilines is 2. The lowest BCUT2D eigenvalue weighted by atomic mass is 10.2. The number of pyridine rings is 1. The number of aromatic nitrogens is 3. The van der Waals surface area contributed by atoms with E-state index in [1.807, 2.05) is 0 Å². The number of hydrogen-bond donors (Lipinski definition) is 3. The molecule has 0 unspecified atom stereocenters. The lowest BCUT2D eigenvalue weighted by Gasteiger charge is -2.08. The number of carbonyl (C=O) groups is 1. The average molecular weight is 261 g/mol. The maximum absolute atomic E-state index is 11.0. The van der Waals surface area contributed by atoms with E-state index < -0.39 is 5.97 Å². The number of aromatic carboxylic acids is 1. The van der Waals surface area contributed by atoms with E-state index in [-0.39, 0.29) is 23.2 Å². The number of ether oxygens (including phenoxy) is 1. The molecular formula is C11H11N5O3. The van der Waals surface area contributed by atoms with E-state index in [0.29, 0.717) is 11.3 Å². The van der Waals surface area contributed by atoms with Crippen LogP contribution in [0.2, 0.25) is 0 Å². The third-order valence-corrected chi connectivity index (χ3v) is 2.37. The highest BCUT2D eigenvalue weighted by Crippen LogP contribution is 2.27. The van der Waals surface area contributed by atoms with Crippen LogP contribution in [-0.4, -0.2) is 33.1 Å². The van der Waals surface area contributed by atoms with Gasteiger partial charge in [-0.3, -0.25) is 0 Å². The monoisotopic (exact) mass is 261 g/mol. The van der Waals surface area contributed by atoms with Gasteiger partial charge in [0.05, 0.1) is 24.1 Å². The van der Waals surface area contributed by atoms with Crippen LogP contribution in [0, 0.1) is 0 Å². The van der Waals surface area contributed by atoms with Gasteiger partial charge in [-0.25, -0.2) is 14.8 Å². The van der Waals surface area contributed by atoms with Crippen molar-refractivity contribution in [2.75, 3.05) is 18.6 Å². The molecule has 0 bridgehead atoms. The fraction of sp³-hybridized carbons (Fsp3) is 0.0909. The summed E-state index contributed by atoms with van der Waals surface area (Å²) in [6, 6.07) is 3.00. The normalized spacial score (nSPS) is 10.2. The van der Waals surface area contributed by atoms with Gasteiger partial charge >= 0.3 is 5.97 Å². The van der Waals surface area contributed by atoms with Crippen molar-refractivity contribution in [3.63, 3.8) is 0 Å². The van der Waals surface area contributed by atoms with Crippen molar-refractivity contribution >= 4 is 17.6 Å². The van der Waals surface area contributed by atoms with Gasteiger partial charge in [-0.15, -0.1) is 0 Å². The van der Waals surface area contributed by atoms with E-state index in [2.05, 4.69) is 15.0 Å². The zero-order valence-corrected chi connectivity index (χ0v) is 9.99. The Morgan fingerprint density at radius 1 is 1.32 bits per heavy atom. The van der Waals surface area contributed by atoms with Crippen molar-refractivity contribution in [2.45, 2.75) is 0 Å². The molecule has 2 aromatic rings. The molecule has 8 nitrogen and oxygen atoms in total. The van der Waals surface area contributed by atoms with Crippen LogP contribution in [0.15, 0.2) is 18.3 Å². The molecule has 0 aliphatic rings. The number of nitrogen functional groups attached to an aromatic ring is 2. The SMILES string of the molecule is COc1nc(N)ncc1-c1ccc(N)c(C(=O)O)n1. The molecule has 0 fully saturated rings. The van der Waals surface area contributed by atoms with Crippen LogP contribution in [0.4, 0.5) is 11.6 Å². The number of carboxylic acids is 1. The summed E-state index contributed by atoms with van der Waals surface area (Å²) in [6.07, 6.45) is 1.41. The van der Waals surface area contributed by atoms with E-state index in [9.17, 15) is 4.79 Å². The Morgan fingerprint density at radius 3 is 2.68 bits per heavy atom. The van der Waals surface area contributed by atoms with Crippen molar-refractivity contribution < 1.29 is 14.6 Å². The number of nitrogens with two attached hydrogens (primary N) is 2. The Balaban J connectivity index is 2.59.